The van der Waals surface area contributed by atoms with Crippen LogP contribution in [-0.2, 0) is 13.0 Å². The molecular formula is C21H16F2N6O. The molecule has 0 saturated heterocycles. The van der Waals surface area contributed by atoms with E-state index in [0.29, 0.717) is 34.6 Å². The third-order valence-corrected chi connectivity index (χ3v) is 4.58. The van der Waals surface area contributed by atoms with Crippen LogP contribution in [-0.4, -0.2) is 27.0 Å². The molecule has 30 heavy (non-hydrogen) atoms. The maximum absolute atomic E-state index is 14.6. The van der Waals surface area contributed by atoms with E-state index in [9.17, 15) is 8.78 Å². The molecule has 150 valence electrons. The van der Waals surface area contributed by atoms with Crippen LogP contribution in [0.1, 0.15) is 22.3 Å². The SMILES string of the molecule is COc1ncc(CNc2ccc(Cc3c[nH]c4ncc(C#N)cc34)c(F)n2)cc1F. The minimum Gasteiger partial charge on any atom is -0.479 e. The zero-order chi connectivity index (χ0) is 21.1. The van der Waals surface area contributed by atoms with Gasteiger partial charge >= 0.3 is 0 Å². The number of nitrogens with zero attached hydrogens (tertiary/aromatic N) is 4. The first-order chi connectivity index (χ1) is 14.6. The summed E-state index contributed by atoms with van der Waals surface area (Å²) in [6.45, 7) is 0.227. The fourth-order valence-electron chi connectivity index (χ4n) is 3.07. The fourth-order valence-corrected chi connectivity index (χ4v) is 3.07. The molecule has 0 aliphatic carbocycles. The van der Waals surface area contributed by atoms with E-state index < -0.39 is 11.8 Å². The Morgan fingerprint density at radius 2 is 2.03 bits per heavy atom. The lowest BCUT2D eigenvalue weighted by molar-refractivity contribution is 0.368. The van der Waals surface area contributed by atoms with Gasteiger partial charge in [-0.25, -0.2) is 19.3 Å². The summed E-state index contributed by atoms with van der Waals surface area (Å²) in [6.07, 6.45) is 4.99. The van der Waals surface area contributed by atoms with Crippen molar-refractivity contribution in [2.45, 2.75) is 13.0 Å². The van der Waals surface area contributed by atoms with E-state index in [2.05, 4.69) is 31.3 Å². The topological polar surface area (TPSA) is 99.5 Å². The molecular weight excluding hydrogens is 390 g/mol. The Labute approximate surface area is 170 Å². The molecule has 0 saturated carbocycles. The van der Waals surface area contributed by atoms with E-state index in [4.69, 9.17) is 10.00 Å². The van der Waals surface area contributed by atoms with Crippen molar-refractivity contribution in [3.63, 3.8) is 0 Å². The summed E-state index contributed by atoms with van der Waals surface area (Å²) in [5, 5.41) is 12.8. The number of nitrogens with one attached hydrogen (secondary N) is 2. The summed E-state index contributed by atoms with van der Waals surface area (Å²) in [5.41, 5.74) is 2.86. The van der Waals surface area contributed by atoms with E-state index in [1.165, 1.54) is 25.6 Å². The third kappa shape index (κ3) is 3.89. The van der Waals surface area contributed by atoms with Gasteiger partial charge in [-0.05, 0) is 29.3 Å². The highest BCUT2D eigenvalue weighted by Gasteiger charge is 2.12. The van der Waals surface area contributed by atoms with Crippen molar-refractivity contribution in [3.05, 3.63) is 76.9 Å². The molecule has 4 aromatic heterocycles. The predicted octanol–water partition coefficient (Wildman–Crippen LogP) is 3.71. The molecule has 4 aromatic rings. The number of hydrogen-bond acceptors (Lipinski definition) is 6. The van der Waals surface area contributed by atoms with Crippen molar-refractivity contribution in [2.75, 3.05) is 12.4 Å². The standard InChI is InChI=1S/C21H16F2N6O/c1-30-21-17(22)5-13(10-28-21)9-25-18-3-2-14(19(23)29-18)6-15-11-27-20-16(15)4-12(7-24)8-26-20/h2-5,8,10-11H,6,9H2,1H3,(H,25,29)(H,26,27). The molecule has 0 atom stereocenters. The van der Waals surface area contributed by atoms with Crippen molar-refractivity contribution in [2.24, 2.45) is 0 Å². The molecule has 0 spiro atoms. The highest BCUT2D eigenvalue weighted by atomic mass is 19.1. The van der Waals surface area contributed by atoms with Gasteiger partial charge in [0.1, 0.15) is 17.5 Å². The van der Waals surface area contributed by atoms with Gasteiger partial charge in [-0.1, -0.05) is 6.07 Å². The van der Waals surface area contributed by atoms with E-state index in [1.54, 1.807) is 24.4 Å². The molecule has 9 heteroatoms. The fraction of sp³-hybridized carbons (Fsp3) is 0.143. The Hall–Kier alpha value is -4.06. The second kappa shape index (κ2) is 8.13. The number of anilines is 1. The Balaban J connectivity index is 1.48. The van der Waals surface area contributed by atoms with Gasteiger partial charge in [0.2, 0.25) is 11.8 Å². The summed E-state index contributed by atoms with van der Waals surface area (Å²) in [4.78, 5) is 15.0. The van der Waals surface area contributed by atoms with Crippen LogP contribution in [0, 0.1) is 23.1 Å². The van der Waals surface area contributed by atoms with Crippen molar-refractivity contribution in [1.29, 1.82) is 5.26 Å². The van der Waals surface area contributed by atoms with Crippen LogP contribution < -0.4 is 10.1 Å². The summed E-state index contributed by atoms with van der Waals surface area (Å²) in [5.74, 6) is -0.946. The average molecular weight is 406 g/mol. The number of nitriles is 1. The summed E-state index contributed by atoms with van der Waals surface area (Å²) >= 11 is 0. The molecule has 0 bridgehead atoms. The van der Waals surface area contributed by atoms with Crippen molar-refractivity contribution in [1.82, 2.24) is 19.9 Å². The number of rotatable bonds is 6. The summed E-state index contributed by atoms with van der Waals surface area (Å²) in [7, 11) is 1.34. The molecule has 2 N–H and O–H groups in total. The maximum Gasteiger partial charge on any atom is 0.250 e. The third-order valence-electron chi connectivity index (χ3n) is 4.58. The Morgan fingerprint density at radius 1 is 1.17 bits per heavy atom. The maximum atomic E-state index is 14.6. The van der Waals surface area contributed by atoms with Crippen LogP contribution in [0.4, 0.5) is 14.6 Å². The predicted molar refractivity (Wildman–Crippen MR) is 106 cm³/mol. The number of ether oxygens (including phenoxy) is 1. The molecule has 0 aliphatic rings. The Kier molecular flexibility index (Phi) is 5.22. The van der Waals surface area contributed by atoms with Gasteiger partial charge in [-0.15, -0.1) is 0 Å². The molecule has 0 aliphatic heterocycles. The van der Waals surface area contributed by atoms with Gasteiger partial charge in [0.05, 0.1) is 12.7 Å². The van der Waals surface area contributed by atoms with Gasteiger partial charge in [0, 0.05) is 42.5 Å². The summed E-state index contributed by atoms with van der Waals surface area (Å²) in [6, 6.07) is 8.35. The second-order valence-electron chi connectivity index (χ2n) is 6.56. The van der Waals surface area contributed by atoms with E-state index in [-0.39, 0.29) is 12.4 Å². The number of halogens is 2. The van der Waals surface area contributed by atoms with Gasteiger partial charge in [0.15, 0.2) is 5.82 Å². The Morgan fingerprint density at radius 3 is 2.77 bits per heavy atom. The van der Waals surface area contributed by atoms with E-state index in [1.807, 2.05) is 0 Å². The number of fused-ring (bicyclic) bond motifs is 1. The molecule has 0 radical (unpaired) electrons. The minimum absolute atomic E-state index is 0.0818. The van der Waals surface area contributed by atoms with Crippen LogP contribution in [0.25, 0.3) is 11.0 Å². The number of pyridine rings is 3. The lowest BCUT2D eigenvalue weighted by atomic mass is 10.1. The van der Waals surface area contributed by atoms with Gasteiger partial charge in [-0.2, -0.15) is 9.65 Å². The van der Waals surface area contributed by atoms with Crippen molar-refractivity contribution in [3.8, 4) is 11.9 Å². The highest BCUT2D eigenvalue weighted by molar-refractivity contribution is 5.81. The zero-order valence-corrected chi connectivity index (χ0v) is 15.9. The van der Waals surface area contributed by atoms with E-state index in [0.717, 1.165) is 10.9 Å². The first kappa shape index (κ1) is 19.3. The number of aromatic nitrogens is 4. The van der Waals surface area contributed by atoms with Crippen LogP contribution in [0.2, 0.25) is 0 Å². The smallest absolute Gasteiger partial charge is 0.250 e. The molecule has 0 fully saturated rings. The van der Waals surface area contributed by atoms with Crippen LogP contribution >= 0.6 is 0 Å². The van der Waals surface area contributed by atoms with E-state index >= 15 is 0 Å². The van der Waals surface area contributed by atoms with Gasteiger partial charge in [0.25, 0.3) is 0 Å². The second-order valence-corrected chi connectivity index (χ2v) is 6.56. The first-order valence-electron chi connectivity index (χ1n) is 9.01. The quantitative estimate of drug-likeness (QED) is 0.474. The highest BCUT2D eigenvalue weighted by Crippen LogP contribution is 2.22. The lowest BCUT2D eigenvalue weighted by Gasteiger charge is -2.09. The number of aromatic amines is 1. The monoisotopic (exact) mass is 406 g/mol. The number of H-pyrrole nitrogens is 1. The summed E-state index contributed by atoms with van der Waals surface area (Å²) < 4.78 is 33.1. The first-order valence-corrected chi connectivity index (χ1v) is 9.01. The van der Waals surface area contributed by atoms with Gasteiger partial charge in [-0.3, -0.25) is 0 Å². The molecule has 4 rings (SSSR count). The normalized spacial score (nSPS) is 10.7. The van der Waals surface area contributed by atoms with Gasteiger partial charge < -0.3 is 15.0 Å². The number of methoxy groups -OCH3 is 1. The van der Waals surface area contributed by atoms with Crippen LogP contribution in [0.3, 0.4) is 0 Å². The Bertz CT molecular complexity index is 1260. The molecule has 7 nitrogen and oxygen atoms in total. The van der Waals surface area contributed by atoms with Crippen LogP contribution in [0.5, 0.6) is 5.88 Å². The van der Waals surface area contributed by atoms with Crippen molar-refractivity contribution >= 4 is 16.9 Å². The minimum atomic E-state index is -0.613. The molecule has 4 heterocycles. The lowest BCUT2D eigenvalue weighted by Crippen LogP contribution is -2.05. The molecule has 0 amide bonds. The van der Waals surface area contributed by atoms with Crippen LogP contribution in [0.15, 0.2) is 42.9 Å². The van der Waals surface area contributed by atoms with Crippen molar-refractivity contribution < 1.29 is 13.5 Å². The largest absolute Gasteiger partial charge is 0.479 e. The number of hydrogen-bond donors (Lipinski definition) is 2. The zero-order valence-electron chi connectivity index (χ0n) is 15.9. The molecule has 0 aromatic carbocycles. The molecule has 0 unspecified atom stereocenters. The average Bonchev–Trinajstić information content (AvgIpc) is 3.16.